The second kappa shape index (κ2) is 9.02. The van der Waals surface area contributed by atoms with Crippen molar-refractivity contribution in [2.75, 3.05) is 7.11 Å². The zero-order chi connectivity index (χ0) is 25.4. The van der Waals surface area contributed by atoms with Gasteiger partial charge in [-0.05, 0) is 29.8 Å². The summed E-state index contributed by atoms with van der Waals surface area (Å²) in [6.07, 6.45) is -2.41. The van der Waals surface area contributed by atoms with Gasteiger partial charge >= 0.3 is 6.18 Å². The van der Waals surface area contributed by atoms with Crippen LogP contribution in [0.2, 0.25) is 0 Å². The molecule has 0 bridgehead atoms. The Morgan fingerprint density at radius 3 is 2.56 bits per heavy atom. The average molecular weight is 501 g/mol. The number of benzene rings is 2. The molecule has 0 radical (unpaired) electrons. The van der Waals surface area contributed by atoms with Crippen LogP contribution in [0.25, 0.3) is 34.0 Å². The number of halogens is 5. The Labute approximate surface area is 200 Å². The molecule has 5 rings (SSSR count). The molecule has 2 aromatic carbocycles. The summed E-state index contributed by atoms with van der Waals surface area (Å²) in [6.45, 7) is 0.147. The third-order valence-electron chi connectivity index (χ3n) is 5.33. The predicted molar refractivity (Wildman–Crippen MR) is 117 cm³/mol. The predicted octanol–water partition coefficient (Wildman–Crippen LogP) is 5.54. The minimum Gasteiger partial charge on any atom is -0.496 e. The molecule has 184 valence electrons. The smallest absolute Gasteiger partial charge is 0.393 e. The fourth-order valence-electron chi connectivity index (χ4n) is 3.71. The number of fused-ring (bicyclic) bond motifs is 1. The Balaban J connectivity index is 1.38. The third kappa shape index (κ3) is 4.74. The summed E-state index contributed by atoms with van der Waals surface area (Å²) < 4.78 is 78.0. The molecule has 3 heterocycles. The summed E-state index contributed by atoms with van der Waals surface area (Å²) in [4.78, 5) is 8.49. The number of ether oxygens (including phenoxy) is 1. The Hall–Kier alpha value is -4.35. The molecule has 7 nitrogen and oxygen atoms in total. The highest BCUT2D eigenvalue weighted by molar-refractivity contribution is 5.68. The van der Waals surface area contributed by atoms with Crippen molar-refractivity contribution in [2.45, 2.75) is 19.1 Å². The van der Waals surface area contributed by atoms with Crippen LogP contribution in [0.4, 0.5) is 22.0 Å². The Morgan fingerprint density at radius 2 is 1.78 bits per heavy atom. The SMILES string of the molecule is COc1cc(CC(F)(F)F)ccc1-c1cc(Cn2cc3nc(-c4cccc(F)c4F)nc-3cn2)on1. The van der Waals surface area contributed by atoms with Gasteiger partial charge in [-0.15, -0.1) is 0 Å². The summed E-state index contributed by atoms with van der Waals surface area (Å²) >= 11 is 0. The maximum absolute atomic E-state index is 14.1. The maximum atomic E-state index is 14.1. The fourth-order valence-corrected chi connectivity index (χ4v) is 3.71. The van der Waals surface area contributed by atoms with E-state index in [2.05, 4.69) is 20.2 Å². The molecule has 0 spiro atoms. The van der Waals surface area contributed by atoms with Crippen molar-refractivity contribution in [3.05, 3.63) is 77.8 Å². The van der Waals surface area contributed by atoms with Gasteiger partial charge in [0.1, 0.15) is 29.4 Å². The summed E-state index contributed by atoms with van der Waals surface area (Å²) in [5.41, 5.74) is 1.65. The van der Waals surface area contributed by atoms with E-state index in [9.17, 15) is 22.0 Å². The van der Waals surface area contributed by atoms with Gasteiger partial charge in [0.2, 0.25) is 0 Å². The number of nitrogens with zero attached hydrogens (tertiary/aromatic N) is 5. The van der Waals surface area contributed by atoms with Gasteiger partial charge in [-0.1, -0.05) is 17.3 Å². The van der Waals surface area contributed by atoms with E-state index in [1.165, 1.54) is 48.3 Å². The quantitative estimate of drug-likeness (QED) is 0.284. The molecular weight excluding hydrogens is 485 g/mol. The zero-order valence-electron chi connectivity index (χ0n) is 18.6. The summed E-state index contributed by atoms with van der Waals surface area (Å²) in [7, 11) is 1.36. The van der Waals surface area contributed by atoms with Crippen LogP contribution in [0.5, 0.6) is 5.75 Å². The van der Waals surface area contributed by atoms with Gasteiger partial charge in [-0.2, -0.15) is 18.3 Å². The first-order valence-electron chi connectivity index (χ1n) is 10.5. The molecule has 1 aromatic heterocycles. The molecule has 0 unspecified atom stereocenters. The van der Waals surface area contributed by atoms with E-state index in [1.54, 1.807) is 12.3 Å². The van der Waals surface area contributed by atoms with Crippen molar-refractivity contribution in [1.29, 1.82) is 0 Å². The maximum Gasteiger partial charge on any atom is 0.393 e. The molecule has 0 saturated carbocycles. The van der Waals surface area contributed by atoms with Gasteiger partial charge in [-0.25, -0.2) is 18.7 Å². The lowest BCUT2D eigenvalue weighted by molar-refractivity contribution is -0.127. The highest BCUT2D eigenvalue weighted by Crippen LogP contribution is 2.33. The van der Waals surface area contributed by atoms with Crippen LogP contribution in [-0.2, 0) is 13.0 Å². The van der Waals surface area contributed by atoms with Crippen LogP contribution in [0.3, 0.4) is 0 Å². The number of methoxy groups -OCH3 is 1. The van der Waals surface area contributed by atoms with E-state index >= 15 is 0 Å². The molecule has 0 amide bonds. The minimum atomic E-state index is -4.34. The topological polar surface area (TPSA) is 78.9 Å². The number of hydrogen-bond donors (Lipinski definition) is 0. The molecule has 0 N–H and O–H groups in total. The Bertz CT molecular complexity index is 1510. The minimum absolute atomic E-state index is 0.0320. The highest BCUT2D eigenvalue weighted by Gasteiger charge is 2.28. The molecule has 2 aliphatic rings. The van der Waals surface area contributed by atoms with E-state index in [-0.39, 0.29) is 29.2 Å². The third-order valence-corrected chi connectivity index (χ3v) is 5.33. The molecule has 36 heavy (non-hydrogen) atoms. The van der Waals surface area contributed by atoms with Crippen LogP contribution in [0.15, 0.2) is 59.4 Å². The first-order chi connectivity index (χ1) is 17.2. The van der Waals surface area contributed by atoms with Gasteiger partial charge in [0.05, 0.1) is 31.5 Å². The normalized spacial score (nSPS) is 11.8. The Morgan fingerprint density at radius 1 is 0.972 bits per heavy atom. The molecule has 0 atom stereocenters. The van der Waals surface area contributed by atoms with Gasteiger partial charge in [0.15, 0.2) is 23.2 Å². The molecule has 12 heteroatoms. The number of rotatable bonds is 6. The lowest BCUT2D eigenvalue weighted by atomic mass is 10.1. The monoisotopic (exact) mass is 501 g/mol. The summed E-state index contributed by atoms with van der Waals surface area (Å²) in [5.74, 6) is -1.37. The average Bonchev–Trinajstić information content (AvgIpc) is 3.46. The van der Waals surface area contributed by atoms with E-state index in [0.717, 1.165) is 6.07 Å². The molecule has 2 aliphatic heterocycles. The van der Waals surface area contributed by atoms with E-state index < -0.39 is 24.2 Å². The Kier molecular flexibility index (Phi) is 5.86. The molecular formula is C24H16F5N5O2. The molecule has 3 aromatic rings. The van der Waals surface area contributed by atoms with Crippen LogP contribution in [0, 0.1) is 11.6 Å². The fraction of sp³-hybridized carbons (Fsp3) is 0.167. The standard InChI is InChI=1S/C24H16F5N5O2/c1-35-21-7-13(9-24(27,28)29)5-6-15(21)18-8-14(36-33-18)11-34-12-20-19(10-30-34)31-23(32-20)16-3-2-4-17(25)22(16)26/h2-8,10,12H,9,11H2,1H3. The van der Waals surface area contributed by atoms with Gasteiger partial charge in [0.25, 0.3) is 0 Å². The van der Waals surface area contributed by atoms with Gasteiger partial charge < -0.3 is 9.26 Å². The lowest BCUT2D eigenvalue weighted by Crippen LogP contribution is -2.11. The van der Waals surface area contributed by atoms with E-state index in [4.69, 9.17) is 9.26 Å². The van der Waals surface area contributed by atoms with Gasteiger partial charge in [-0.3, -0.25) is 4.68 Å². The van der Waals surface area contributed by atoms with Crippen molar-refractivity contribution in [1.82, 2.24) is 24.9 Å². The van der Waals surface area contributed by atoms with Crippen molar-refractivity contribution in [3.63, 3.8) is 0 Å². The van der Waals surface area contributed by atoms with Crippen molar-refractivity contribution in [3.8, 4) is 39.8 Å². The highest BCUT2D eigenvalue weighted by atomic mass is 19.4. The van der Waals surface area contributed by atoms with Crippen LogP contribution >= 0.6 is 0 Å². The lowest BCUT2D eigenvalue weighted by Gasteiger charge is -2.10. The van der Waals surface area contributed by atoms with E-state index in [1.807, 2.05) is 0 Å². The number of alkyl halides is 3. The van der Waals surface area contributed by atoms with Crippen LogP contribution in [-0.4, -0.2) is 38.2 Å². The second-order valence-electron chi connectivity index (χ2n) is 7.90. The zero-order valence-corrected chi connectivity index (χ0v) is 18.6. The number of aromatic nitrogens is 5. The van der Waals surface area contributed by atoms with Crippen LogP contribution < -0.4 is 4.74 Å². The molecule has 0 fully saturated rings. The molecule has 0 aliphatic carbocycles. The first-order valence-corrected chi connectivity index (χ1v) is 10.5. The number of imidazole rings is 1. The van der Waals surface area contributed by atoms with Gasteiger partial charge in [0, 0.05) is 11.6 Å². The van der Waals surface area contributed by atoms with Crippen molar-refractivity contribution >= 4 is 0 Å². The largest absolute Gasteiger partial charge is 0.496 e. The van der Waals surface area contributed by atoms with Crippen molar-refractivity contribution in [2.24, 2.45) is 0 Å². The van der Waals surface area contributed by atoms with Crippen molar-refractivity contribution < 1.29 is 31.2 Å². The molecule has 0 saturated heterocycles. The summed E-state index contributed by atoms with van der Waals surface area (Å²) in [5, 5.41) is 8.23. The van der Waals surface area contributed by atoms with E-state index in [0.29, 0.717) is 28.4 Å². The first kappa shape index (κ1) is 23.4. The summed E-state index contributed by atoms with van der Waals surface area (Å²) in [6, 6.07) is 9.54. The van der Waals surface area contributed by atoms with Crippen LogP contribution in [0.1, 0.15) is 11.3 Å². The second-order valence-corrected chi connectivity index (χ2v) is 7.90. The number of hydrogen-bond acceptors (Lipinski definition) is 6.